The van der Waals surface area contributed by atoms with Crippen LogP contribution >= 0.6 is 0 Å². The number of hydrogen-bond donors (Lipinski definition) is 2. The molecule has 2 N–H and O–H groups in total. The SMILES string of the molecule is CCCCNCCNc1ccc(OCCC(C)C)cc1. The van der Waals surface area contributed by atoms with Crippen molar-refractivity contribution < 1.29 is 4.74 Å². The van der Waals surface area contributed by atoms with Gasteiger partial charge in [0, 0.05) is 18.8 Å². The van der Waals surface area contributed by atoms with Crippen LogP contribution in [-0.4, -0.2) is 26.2 Å². The topological polar surface area (TPSA) is 33.3 Å². The lowest BCUT2D eigenvalue weighted by molar-refractivity contribution is 0.289. The van der Waals surface area contributed by atoms with Crippen LogP contribution in [0.1, 0.15) is 40.0 Å². The van der Waals surface area contributed by atoms with Gasteiger partial charge in [-0.15, -0.1) is 0 Å². The number of hydrogen-bond acceptors (Lipinski definition) is 3. The Hall–Kier alpha value is -1.22. The Morgan fingerprint density at radius 1 is 1.05 bits per heavy atom. The van der Waals surface area contributed by atoms with E-state index in [-0.39, 0.29) is 0 Å². The maximum Gasteiger partial charge on any atom is 0.119 e. The minimum absolute atomic E-state index is 0.691. The van der Waals surface area contributed by atoms with Crippen LogP contribution in [-0.2, 0) is 0 Å². The molecule has 3 heteroatoms. The minimum Gasteiger partial charge on any atom is -0.494 e. The van der Waals surface area contributed by atoms with Gasteiger partial charge in [-0.2, -0.15) is 0 Å². The van der Waals surface area contributed by atoms with E-state index in [0.29, 0.717) is 5.92 Å². The zero-order chi connectivity index (χ0) is 14.6. The first-order valence-corrected chi connectivity index (χ1v) is 7.89. The van der Waals surface area contributed by atoms with Crippen molar-refractivity contribution >= 4 is 5.69 Å². The van der Waals surface area contributed by atoms with Crippen LogP contribution in [0, 0.1) is 5.92 Å². The fourth-order valence-electron chi connectivity index (χ4n) is 1.80. The van der Waals surface area contributed by atoms with Crippen LogP contribution in [0.4, 0.5) is 5.69 Å². The number of unbranched alkanes of at least 4 members (excludes halogenated alkanes) is 1. The standard InChI is InChI=1S/C17H30N2O/c1-4-5-11-18-12-13-19-16-6-8-17(9-7-16)20-14-10-15(2)3/h6-9,15,18-19H,4-5,10-14H2,1-3H3. The third kappa shape index (κ3) is 8.05. The first-order chi connectivity index (χ1) is 9.72. The van der Waals surface area contributed by atoms with Gasteiger partial charge in [0.15, 0.2) is 0 Å². The fourth-order valence-corrected chi connectivity index (χ4v) is 1.80. The molecule has 0 radical (unpaired) electrons. The van der Waals surface area contributed by atoms with Crippen LogP contribution < -0.4 is 15.4 Å². The molecule has 0 fully saturated rings. The Labute approximate surface area is 124 Å². The molecule has 0 unspecified atom stereocenters. The van der Waals surface area contributed by atoms with Crippen molar-refractivity contribution in [3.63, 3.8) is 0 Å². The van der Waals surface area contributed by atoms with Gasteiger partial charge in [0.1, 0.15) is 5.75 Å². The molecule has 0 aliphatic carbocycles. The summed E-state index contributed by atoms with van der Waals surface area (Å²) in [5, 5.41) is 6.82. The third-order valence-corrected chi connectivity index (χ3v) is 3.16. The van der Waals surface area contributed by atoms with Crippen LogP contribution in [0.15, 0.2) is 24.3 Å². The van der Waals surface area contributed by atoms with Crippen molar-refractivity contribution in [1.29, 1.82) is 0 Å². The van der Waals surface area contributed by atoms with Crippen LogP contribution in [0.25, 0.3) is 0 Å². The molecule has 0 heterocycles. The van der Waals surface area contributed by atoms with Crippen LogP contribution in [0.2, 0.25) is 0 Å². The van der Waals surface area contributed by atoms with Crippen molar-refractivity contribution in [1.82, 2.24) is 5.32 Å². The Kier molecular flexibility index (Phi) is 8.88. The Morgan fingerprint density at radius 2 is 1.80 bits per heavy atom. The highest BCUT2D eigenvalue weighted by Crippen LogP contribution is 2.16. The van der Waals surface area contributed by atoms with E-state index in [1.807, 2.05) is 12.1 Å². The first-order valence-electron chi connectivity index (χ1n) is 7.89. The summed E-state index contributed by atoms with van der Waals surface area (Å²) in [5.74, 6) is 1.65. The molecule has 0 atom stereocenters. The van der Waals surface area contributed by atoms with Crippen molar-refractivity contribution in [3.8, 4) is 5.75 Å². The summed E-state index contributed by atoms with van der Waals surface area (Å²) < 4.78 is 5.70. The van der Waals surface area contributed by atoms with Crippen molar-refractivity contribution in [2.75, 3.05) is 31.6 Å². The van der Waals surface area contributed by atoms with Crippen molar-refractivity contribution in [2.45, 2.75) is 40.0 Å². The van der Waals surface area contributed by atoms with Gasteiger partial charge in [0.2, 0.25) is 0 Å². The molecule has 0 spiro atoms. The monoisotopic (exact) mass is 278 g/mol. The van der Waals surface area contributed by atoms with E-state index in [4.69, 9.17) is 4.74 Å². The number of rotatable bonds is 11. The van der Waals surface area contributed by atoms with Gasteiger partial charge >= 0.3 is 0 Å². The smallest absolute Gasteiger partial charge is 0.119 e. The van der Waals surface area contributed by atoms with E-state index in [9.17, 15) is 0 Å². The van der Waals surface area contributed by atoms with Gasteiger partial charge in [-0.1, -0.05) is 27.2 Å². The van der Waals surface area contributed by atoms with Gasteiger partial charge in [0.05, 0.1) is 6.61 Å². The second-order valence-electron chi connectivity index (χ2n) is 5.59. The number of nitrogens with one attached hydrogen (secondary N) is 2. The number of benzene rings is 1. The summed E-state index contributed by atoms with van der Waals surface area (Å²) in [5.41, 5.74) is 1.15. The summed E-state index contributed by atoms with van der Waals surface area (Å²) in [6.07, 6.45) is 3.60. The van der Waals surface area contributed by atoms with Gasteiger partial charge < -0.3 is 15.4 Å². The Bertz CT molecular complexity index is 335. The molecule has 1 aromatic rings. The van der Waals surface area contributed by atoms with Crippen LogP contribution in [0.3, 0.4) is 0 Å². The summed E-state index contributed by atoms with van der Waals surface area (Å²) in [6.45, 7) is 10.5. The van der Waals surface area contributed by atoms with E-state index in [2.05, 4.69) is 43.5 Å². The van der Waals surface area contributed by atoms with E-state index >= 15 is 0 Å². The summed E-state index contributed by atoms with van der Waals surface area (Å²) >= 11 is 0. The lowest BCUT2D eigenvalue weighted by Crippen LogP contribution is -2.23. The molecule has 1 aromatic carbocycles. The summed E-state index contributed by atoms with van der Waals surface area (Å²) in [6, 6.07) is 8.23. The number of anilines is 1. The third-order valence-electron chi connectivity index (χ3n) is 3.16. The molecule has 1 rings (SSSR count). The van der Waals surface area contributed by atoms with E-state index < -0.39 is 0 Å². The normalized spacial score (nSPS) is 10.8. The molecule has 0 aromatic heterocycles. The highest BCUT2D eigenvalue weighted by Gasteiger charge is 1.97. The van der Waals surface area contributed by atoms with Crippen LogP contribution in [0.5, 0.6) is 5.75 Å². The molecular formula is C17H30N2O. The maximum atomic E-state index is 5.70. The summed E-state index contributed by atoms with van der Waals surface area (Å²) in [7, 11) is 0. The second-order valence-corrected chi connectivity index (χ2v) is 5.59. The quantitative estimate of drug-likeness (QED) is 0.602. The van der Waals surface area contributed by atoms with Crippen molar-refractivity contribution in [2.24, 2.45) is 5.92 Å². The average Bonchev–Trinajstić information content (AvgIpc) is 2.44. The Balaban J connectivity index is 2.15. The maximum absolute atomic E-state index is 5.70. The lowest BCUT2D eigenvalue weighted by atomic mass is 10.1. The zero-order valence-electron chi connectivity index (χ0n) is 13.2. The lowest BCUT2D eigenvalue weighted by Gasteiger charge is -2.10. The van der Waals surface area contributed by atoms with Crippen molar-refractivity contribution in [3.05, 3.63) is 24.3 Å². The van der Waals surface area contributed by atoms with E-state index in [1.54, 1.807) is 0 Å². The van der Waals surface area contributed by atoms with Gasteiger partial charge in [0.25, 0.3) is 0 Å². The molecule has 0 saturated carbocycles. The Morgan fingerprint density at radius 3 is 2.45 bits per heavy atom. The number of ether oxygens (including phenoxy) is 1. The molecule has 3 nitrogen and oxygen atoms in total. The fraction of sp³-hybridized carbons (Fsp3) is 0.647. The minimum atomic E-state index is 0.691. The van der Waals surface area contributed by atoms with Gasteiger partial charge in [-0.3, -0.25) is 0 Å². The largest absolute Gasteiger partial charge is 0.494 e. The molecule has 0 aliphatic rings. The molecule has 0 aliphatic heterocycles. The van der Waals surface area contributed by atoms with E-state index in [0.717, 1.165) is 44.1 Å². The average molecular weight is 278 g/mol. The second kappa shape index (κ2) is 10.6. The predicted octanol–water partition coefficient (Wildman–Crippen LogP) is 3.91. The highest BCUT2D eigenvalue weighted by molar-refractivity contribution is 5.46. The molecule has 0 saturated heterocycles. The first kappa shape index (κ1) is 16.8. The summed E-state index contributed by atoms with van der Waals surface area (Å²) in [4.78, 5) is 0. The van der Waals surface area contributed by atoms with E-state index in [1.165, 1.54) is 12.8 Å². The molecule has 114 valence electrons. The highest BCUT2D eigenvalue weighted by atomic mass is 16.5. The predicted molar refractivity (Wildman–Crippen MR) is 87.7 cm³/mol. The molecule has 0 bridgehead atoms. The van der Waals surface area contributed by atoms with Gasteiger partial charge in [-0.05, 0) is 49.6 Å². The molecule has 20 heavy (non-hydrogen) atoms. The zero-order valence-corrected chi connectivity index (χ0v) is 13.2. The van der Waals surface area contributed by atoms with Gasteiger partial charge in [-0.25, -0.2) is 0 Å². The molecular weight excluding hydrogens is 248 g/mol. The molecule has 0 amide bonds.